The summed E-state index contributed by atoms with van der Waals surface area (Å²) in [5.41, 5.74) is 0. The Bertz CT molecular complexity index is 385. The van der Waals surface area contributed by atoms with E-state index in [2.05, 4.69) is 14.4 Å². The molecular weight excluding hydrogens is 206 g/mol. The number of carbonyl (C=O) groups excluding carboxylic acids is 3. The minimum absolute atomic E-state index is 0.357. The molecule has 2 aliphatic heterocycles. The lowest BCUT2D eigenvalue weighted by atomic mass is 10.3. The number of hydrogen-bond acceptors (Lipinski definition) is 6. The maximum atomic E-state index is 11.4. The minimum atomic E-state index is -1.14. The molecular formula is C8H5NO6. The van der Waals surface area contributed by atoms with Gasteiger partial charge in [0, 0.05) is 23.5 Å². The first-order chi connectivity index (χ1) is 7.16. The average molecular weight is 211 g/mol. The summed E-state index contributed by atoms with van der Waals surface area (Å²) in [6, 6.07) is 0. The van der Waals surface area contributed by atoms with Crippen LogP contribution < -0.4 is 0 Å². The second kappa shape index (κ2) is 3.45. The normalized spacial score (nSPS) is 26.8. The Balaban J connectivity index is 2.31. The molecule has 78 valence electrons. The van der Waals surface area contributed by atoms with Crippen LogP contribution in [0.5, 0.6) is 0 Å². The van der Waals surface area contributed by atoms with Crippen LogP contribution in [-0.2, 0) is 28.8 Å². The van der Waals surface area contributed by atoms with E-state index in [0.717, 1.165) is 18.4 Å². The molecule has 1 amide bonds. The highest BCUT2D eigenvalue weighted by Crippen LogP contribution is 2.12. The van der Waals surface area contributed by atoms with Crippen molar-refractivity contribution >= 4 is 17.8 Å². The van der Waals surface area contributed by atoms with Crippen molar-refractivity contribution in [1.29, 1.82) is 0 Å². The molecule has 0 spiro atoms. The Morgan fingerprint density at radius 2 is 1.87 bits per heavy atom. The number of esters is 1. The SMILES string of the molecule is O=C1/C=C\C(=O)ON2OC=CC(O1)C2=O. The van der Waals surface area contributed by atoms with Gasteiger partial charge in [-0.25, -0.2) is 9.59 Å². The van der Waals surface area contributed by atoms with Crippen LogP contribution in [0.4, 0.5) is 0 Å². The molecule has 0 aromatic heterocycles. The smallest absolute Gasteiger partial charge is 0.360 e. The van der Waals surface area contributed by atoms with Crippen molar-refractivity contribution in [3.8, 4) is 0 Å². The van der Waals surface area contributed by atoms with Gasteiger partial charge in [0.1, 0.15) is 6.26 Å². The molecule has 2 heterocycles. The highest BCUT2D eigenvalue weighted by Gasteiger charge is 2.33. The summed E-state index contributed by atoms with van der Waals surface area (Å²) >= 11 is 0. The molecule has 0 fully saturated rings. The quantitative estimate of drug-likeness (QED) is 0.488. The molecule has 0 radical (unpaired) electrons. The Morgan fingerprint density at radius 3 is 2.67 bits per heavy atom. The van der Waals surface area contributed by atoms with E-state index < -0.39 is 23.9 Å². The molecule has 0 aliphatic carbocycles. The molecule has 2 bridgehead atoms. The number of amides is 1. The number of nitrogens with zero attached hydrogens (tertiary/aromatic N) is 1. The third-order valence-corrected chi connectivity index (χ3v) is 1.60. The Morgan fingerprint density at radius 1 is 1.13 bits per heavy atom. The van der Waals surface area contributed by atoms with Gasteiger partial charge in [-0.2, -0.15) is 0 Å². The number of fused-ring (bicyclic) bond motifs is 2. The van der Waals surface area contributed by atoms with Gasteiger partial charge in [-0.1, -0.05) is 0 Å². The van der Waals surface area contributed by atoms with Crippen molar-refractivity contribution in [3.05, 3.63) is 24.5 Å². The van der Waals surface area contributed by atoms with E-state index in [1.165, 1.54) is 6.08 Å². The molecule has 7 nitrogen and oxygen atoms in total. The zero-order valence-electron chi connectivity index (χ0n) is 7.28. The molecule has 0 saturated carbocycles. The summed E-state index contributed by atoms with van der Waals surface area (Å²) in [4.78, 5) is 42.4. The van der Waals surface area contributed by atoms with Gasteiger partial charge < -0.3 is 9.57 Å². The van der Waals surface area contributed by atoms with Gasteiger partial charge in [0.25, 0.3) is 0 Å². The largest absolute Gasteiger partial charge is 0.444 e. The molecule has 2 rings (SSSR count). The maximum Gasteiger partial charge on any atom is 0.360 e. The van der Waals surface area contributed by atoms with E-state index in [9.17, 15) is 14.4 Å². The summed E-state index contributed by atoms with van der Waals surface area (Å²) in [5.74, 6) is -2.50. The Kier molecular flexibility index (Phi) is 2.13. The zero-order chi connectivity index (χ0) is 10.8. The number of hydrogen-bond donors (Lipinski definition) is 0. The summed E-state index contributed by atoms with van der Waals surface area (Å²) in [5, 5.41) is 0.357. The van der Waals surface area contributed by atoms with Crippen LogP contribution in [0.3, 0.4) is 0 Å². The standard InChI is InChI=1S/C8H5NO6/c10-6-1-2-7(11)15-9-8(12)5(14-6)3-4-13-9/h1-5H/b2-1-. The van der Waals surface area contributed by atoms with E-state index in [0.29, 0.717) is 5.23 Å². The summed E-state index contributed by atoms with van der Waals surface area (Å²) in [6.07, 6.45) is 2.87. The summed E-state index contributed by atoms with van der Waals surface area (Å²) < 4.78 is 4.69. The first kappa shape index (κ1) is 9.25. The van der Waals surface area contributed by atoms with Crippen molar-refractivity contribution in [2.45, 2.75) is 6.10 Å². The van der Waals surface area contributed by atoms with Gasteiger partial charge in [0.05, 0.1) is 0 Å². The van der Waals surface area contributed by atoms with Crippen molar-refractivity contribution < 1.29 is 28.8 Å². The monoisotopic (exact) mass is 211 g/mol. The minimum Gasteiger partial charge on any atom is -0.444 e. The molecule has 15 heavy (non-hydrogen) atoms. The number of hydroxylamine groups is 2. The third kappa shape index (κ3) is 1.80. The second-order valence-corrected chi connectivity index (χ2v) is 2.63. The summed E-state index contributed by atoms with van der Waals surface area (Å²) in [6.45, 7) is 0. The fraction of sp³-hybridized carbons (Fsp3) is 0.125. The van der Waals surface area contributed by atoms with E-state index in [1.54, 1.807) is 0 Å². The van der Waals surface area contributed by atoms with E-state index in [4.69, 9.17) is 0 Å². The van der Waals surface area contributed by atoms with Crippen LogP contribution in [0.15, 0.2) is 24.5 Å². The molecule has 0 N–H and O–H groups in total. The summed E-state index contributed by atoms with van der Waals surface area (Å²) in [7, 11) is 0. The van der Waals surface area contributed by atoms with Crippen LogP contribution >= 0.6 is 0 Å². The maximum absolute atomic E-state index is 11.4. The first-order valence-corrected chi connectivity index (χ1v) is 3.95. The predicted molar refractivity (Wildman–Crippen MR) is 42.2 cm³/mol. The van der Waals surface area contributed by atoms with Gasteiger partial charge in [-0.05, 0) is 0 Å². The molecule has 7 heteroatoms. The topological polar surface area (TPSA) is 82.1 Å². The fourth-order valence-electron chi connectivity index (χ4n) is 0.969. The van der Waals surface area contributed by atoms with Gasteiger partial charge in [-0.15, -0.1) is 0 Å². The molecule has 1 unspecified atom stereocenters. The van der Waals surface area contributed by atoms with Crippen LogP contribution in [0.2, 0.25) is 0 Å². The van der Waals surface area contributed by atoms with E-state index in [-0.39, 0.29) is 0 Å². The predicted octanol–water partition coefficient (Wildman–Crippen LogP) is -0.786. The van der Waals surface area contributed by atoms with Crippen molar-refractivity contribution in [3.63, 3.8) is 0 Å². The van der Waals surface area contributed by atoms with Gasteiger partial charge >= 0.3 is 17.8 Å². The lowest BCUT2D eigenvalue weighted by Gasteiger charge is -2.23. The average Bonchev–Trinajstić information content (AvgIpc) is 2.24. The van der Waals surface area contributed by atoms with E-state index >= 15 is 0 Å². The fourth-order valence-corrected chi connectivity index (χ4v) is 0.969. The van der Waals surface area contributed by atoms with Gasteiger partial charge in [0.15, 0.2) is 0 Å². The third-order valence-electron chi connectivity index (χ3n) is 1.60. The van der Waals surface area contributed by atoms with Crippen LogP contribution in [0, 0.1) is 0 Å². The van der Waals surface area contributed by atoms with Crippen LogP contribution in [0.1, 0.15) is 0 Å². The zero-order valence-corrected chi connectivity index (χ0v) is 7.28. The molecule has 0 saturated heterocycles. The van der Waals surface area contributed by atoms with E-state index in [1.807, 2.05) is 0 Å². The lowest BCUT2D eigenvalue weighted by Crippen LogP contribution is -2.42. The number of rotatable bonds is 0. The molecule has 2 aliphatic rings. The van der Waals surface area contributed by atoms with Gasteiger partial charge in [0.2, 0.25) is 6.10 Å². The molecule has 0 aromatic rings. The van der Waals surface area contributed by atoms with Crippen LogP contribution in [-0.4, -0.2) is 29.2 Å². The molecule has 1 atom stereocenters. The highest BCUT2D eigenvalue weighted by molar-refractivity contribution is 5.95. The van der Waals surface area contributed by atoms with Crippen LogP contribution in [0.25, 0.3) is 0 Å². The first-order valence-electron chi connectivity index (χ1n) is 3.95. The van der Waals surface area contributed by atoms with Crippen molar-refractivity contribution in [2.75, 3.05) is 0 Å². The molecule has 0 aromatic carbocycles. The van der Waals surface area contributed by atoms with Gasteiger partial charge in [-0.3, -0.25) is 9.63 Å². The Labute approximate surface area is 83.4 Å². The second-order valence-electron chi connectivity index (χ2n) is 2.63. The van der Waals surface area contributed by atoms with Crippen molar-refractivity contribution in [2.24, 2.45) is 0 Å². The Hall–Kier alpha value is -2.31. The number of carbonyl (C=O) groups is 3. The number of ether oxygens (including phenoxy) is 1. The van der Waals surface area contributed by atoms with Crippen molar-refractivity contribution in [1.82, 2.24) is 5.23 Å². The highest BCUT2D eigenvalue weighted by atomic mass is 17.0. The lowest BCUT2D eigenvalue weighted by molar-refractivity contribution is -0.303.